The number of benzene rings is 1. The Bertz CT molecular complexity index is 445. The van der Waals surface area contributed by atoms with Crippen LogP contribution < -0.4 is 0 Å². The molecule has 1 aliphatic heterocycles. The average molecular weight is 245 g/mol. The summed E-state index contributed by atoms with van der Waals surface area (Å²) in [7, 11) is 0. The van der Waals surface area contributed by atoms with Gasteiger partial charge in [-0.15, -0.1) is 0 Å². The minimum atomic E-state index is -0.449. The fourth-order valence-corrected chi connectivity index (χ4v) is 1.91. The Hall–Kier alpha value is -1.77. The minimum Gasteiger partial charge on any atom is -0.443 e. The molecule has 0 saturated heterocycles. The van der Waals surface area contributed by atoms with Gasteiger partial charge in [-0.1, -0.05) is 36.4 Å². The zero-order chi connectivity index (χ0) is 13.2. The molecule has 1 aromatic rings. The Balaban J connectivity index is 1.98. The van der Waals surface area contributed by atoms with Gasteiger partial charge < -0.3 is 4.74 Å². The van der Waals surface area contributed by atoms with E-state index < -0.39 is 5.60 Å². The molecule has 2 rings (SSSR count). The van der Waals surface area contributed by atoms with Crippen LogP contribution >= 0.6 is 0 Å². The Morgan fingerprint density at radius 2 is 1.94 bits per heavy atom. The van der Waals surface area contributed by atoms with Crippen LogP contribution in [0.5, 0.6) is 0 Å². The van der Waals surface area contributed by atoms with E-state index in [4.69, 9.17) is 4.74 Å². The van der Waals surface area contributed by atoms with Gasteiger partial charge in [-0.05, 0) is 26.3 Å². The van der Waals surface area contributed by atoms with Gasteiger partial charge in [-0.2, -0.15) is 0 Å². The fraction of sp³-hybridized carbons (Fsp3) is 0.400. The van der Waals surface area contributed by atoms with E-state index in [1.165, 1.54) is 5.56 Å². The van der Waals surface area contributed by atoms with Crippen LogP contribution in [0.15, 0.2) is 42.6 Å². The molecular formula is C15H19NO2. The first kappa shape index (κ1) is 12.7. The number of rotatable bonds is 1. The van der Waals surface area contributed by atoms with Crippen LogP contribution in [0.3, 0.4) is 0 Å². The predicted molar refractivity (Wildman–Crippen MR) is 71.3 cm³/mol. The van der Waals surface area contributed by atoms with Crippen LogP contribution in [0.1, 0.15) is 32.3 Å². The van der Waals surface area contributed by atoms with Gasteiger partial charge in [0.1, 0.15) is 5.60 Å². The molecule has 0 aromatic heterocycles. The van der Waals surface area contributed by atoms with E-state index in [2.05, 4.69) is 12.1 Å². The molecule has 1 amide bonds. The van der Waals surface area contributed by atoms with Crippen molar-refractivity contribution in [1.82, 2.24) is 4.90 Å². The van der Waals surface area contributed by atoms with E-state index in [1.54, 1.807) is 4.90 Å². The lowest BCUT2D eigenvalue weighted by Gasteiger charge is -2.24. The number of amides is 1. The summed E-state index contributed by atoms with van der Waals surface area (Å²) < 4.78 is 5.34. The lowest BCUT2D eigenvalue weighted by atomic mass is 10.0. The number of ether oxygens (including phenoxy) is 1. The molecule has 0 spiro atoms. The molecule has 0 saturated carbocycles. The molecule has 1 heterocycles. The fourth-order valence-electron chi connectivity index (χ4n) is 1.91. The Morgan fingerprint density at radius 3 is 2.56 bits per heavy atom. The highest BCUT2D eigenvalue weighted by molar-refractivity contribution is 5.70. The molecule has 0 aliphatic carbocycles. The van der Waals surface area contributed by atoms with Gasteiger partial charge >= 0.3 is 6.09 Å². The highest BCUT2D eigenvalue weighted by Gasteiger charge is 2.26. The molecular weight excluding hydrogens is 226 g/mol. The van der Waals surface area contributed by atoms with Crippen molar-refractivity contribution in [3.63, 3.8) is 0 Å². The summed E-state index contributed by atoms with van der Waals surface area (Å²) in [6.45, 7) is 6.27. The third-order valence-corrected chi connectivity index (χ3v) is 2.75. The van der Waals surface area contributed by atoms with E-state index >= 15 is 0 Å². The Labute approximate surface area is 108 Å². The first-order chi connectivity index (χ1) is 8.46. The van der Waals surface area contributed by atoms with E-state index in [0.717, 1.165) is 0 Å². The molecule has 0 bridgehead atoms. The zero-order valence-electron chi connectivity index (χ0n) is 11.1. The molecule has 18 heavy (non-hydrogen) atoms. The molecule has 3 heteroatoms. The third-order valence-electron chi connectivity index (χ3n) is 2.75. The second-order valence-electron chi connectivity index (χ2n) is 5.49. The number of carbonyl (C=O) groups excluding carboxylic acids is 1. The number of hydrogen-bond donors (Lipinski definition) is 0. The van der Waals surface area contributed by atoms with Gasteiger partial charge in [0.15, 0.2) is 0 Å². The maximum atomic E-state index is 11.9. The molecule has 0 radical (unpaired) electrons. The van der Waals surface area contributed by atoms with Crippen LogP contribution in [0.2, 0.25) is 0 Å². The summed E-state index contributed by atoms with van der Waals surface area (Å²) in [4.78, 5) is 13.5. The molecule has 1 atom stereocenters. The molecule has 1 aromatic carbocycles. The van der Waals surface area contributed by atoms with Crippen molar-refractivity contribution in [3.8, 4) is 0 Å². The van der Waals surface area contributed by atoms with Gasteiger partial charge in [0, 0.05) is 18.7 Å². The molecule has 0 unspecified atom stereocenters. The maximum absolute atomic E-state index is 11.9. The summed E-state index contributed by atoms with van der Waals surface area (Å²) in [5.74, 6) is 0.263. The van der Waals surface area contributed by atoms with Gasteiger partial charge in [-0.25, -0.2) is 4.79 Å². The van der Waals surface area contributed by atoms with Crippen molar-refractivity contribution in [2.24, 2.45) is 0 Å². The van der Waals surface area contributed by atoms with E-state index in [-0.39, 0.29) is 12.0 Å². The smallest absolute Gasteiger partial charge is 0.414 e. The van der Waals surface area contributed by atoms with E-state index in [9.17, 15) is 4.79 Å². The first-order valence-corrected chi connectivity index (χ1v) is 6.18. The number of nitrogens with zero attached hydrogens (tertiary/aromatic N) is 1. The molecule has 96 valence electrons. The highest BCUT2D eigenvalue weighted by Crippen LogP contribution is 2.25. The summed E-state index contributed by atoms with van der Waals surface area (Å²) in [6.07, 6.45) is 3.57. The minimum absolute atomic E-state index is 0.263. The van der Waals surface area contributed by atoms with Crippen molar-refractivity contribution in [2.75, 3.05) is 6.54 Å². The quantitative estimate of drug-likeness (QED) is 0.757. The molecule has 0 fully saturated rings. The van der Waals surface area contributed by atoms with Crippen molar-refractivity contribution in [3.05, 3.63) is 48.2 Å². The standard InChI is InChI=1S/C15H19NO2/c1-15(2,3)18-14(17)16-10-9-13(11-16)12-7-5-4-6-8-12/h4-10,13H,11H2,1-3H3/t13-/m0/s1. The van der Waals surface area contributed by atoms with Crippen LogP contribution in [0, 0.1) is 0 Å². The van der Waals surface area contributed by atoms with Crippen LogP contribution in [-0.2, 0) is 4.74 Å². The molecule has 3 nitrogen and oxygen atoms in total. The topological polar surface area (TPSA) is 29.5 Å². The lowest BCUT2D eigenvalue weighted by molar-refractivity contribution is 0.0345. The van der Waals surface area contributed by atoms with Crippen LogP contribution in [0.25, 0.3) is 0 Å². The van der Waals surface area contributed by atoms with Gasteiger partial charge in [0.25, 0.3) is 0 Å². The van der Waals surface area contributed by atoms with Crippen LogP contribution in [-0.4, -0.2) is 23.1 Å². The third kappa shape index (κ3) is 3.13. The van der Waals surface area contributed by atoms with Gasteiger partial charge in [0.05, 0.1) is 0 Å². The van der Waals surface area contributed by atoms with Gasteiger partial charge in [0.2, 0.25) is 0 Å². The van der Waals surface area contributed by atoms with Crippen LogP contribution in [0.4, 0.5) is 4.79 Å². The monoisotopic (exact) mass is 245 g/mol. The predicted octanol–water partition coefficient (Wildman–Crippen LogP) is 3.53. The zero-order valence-corrected chi connectivity index (χ0v) is 11.1. The number of carbonyl (C=O) groups is 1. The van der Waals surface area contributed by atoms with Crippen molar-refractivity contribution >= 4 is 6.09 Å². The van der Waals surface area contributed by atoms with Crippen molar-refractivity contribution < 1.29 is 9.53 Å². The summed E-state index contributed by atoms with van der Waals surface area (Å²) in [6, 6.07) is 10.2. The normalized spacial score (nSPS) is 19.1. The second kappa shape index (κ2) is 4.84. The van der Waals surface area contributed by atoms with E-state index in [0.29, 0.717) is 6.54 Å². The highest BCUT2D eigenvalue weighted by atomic mass is 16.6. The SMILES string of the molecule is CC(C)(C)OC(=O)N1C=C[C@H](c2ccccc2)C1. The summed E-state index contributed by atoms with van der Waals surface area (Å²) in [5.41, 5.74) is 0.773. The lowest BCUT2D eigenvalue weighted by Crippen LogP contribution is -2.33. The summed E-state index contributed by atoms with van der Waals surface area (Å²) >= 11 is 0. The Morgan fingerprint density at radius 1 is 1.28 bits per heavy atom. The maximum Gasteiger partial charge on any atom is 0.414 e. The second-order valence-corrected chi connectivity index (χ2v) is 5.49. The van der Waals surface area contributed by atoms with Crippen molar-refractivity contribution in [1.29, 1.82) is 0 Å². The van der Waals surface area contributed by atoms with E-state index in [1.807, 2.05) is 51.2 Å². The number of hydrogen-bond acceptors (Lipinski definition) is 2. The molecule has 1 aliphatic rings. The average Bonchev–Trinajstić information content (AvgIpc) is 2.77. The van der Waals surface area contributed by atoms with Gasteiger partial charge in [-0.3, -0.25) is 4.90 Å². The summed E-state index contributed by atoms with van der Waals surface area (Å²) in [5, 5.41) is 0. The first-order valence-electron chi connectivity index (χ1n) is 6.18. The molecule has 0 N–H and O–H groups in total. The van der Waals surface area contributed by atoms with Crippen molar-refractivity contribution in [2.45, 2.75) is 32.3 Å². The Kier molecular flexibility index (Phi) is 3.41. The largest absolute Gasteiger partial charge is 0.443 e.